The molecule has 4 aliphatic rings. The van der Waals surface area contributed by atoms with Gasteiger partial charge in [-0.2, -0.15) is 0 Å². The van der Waals surface area contributed by atoms with Crippen LogP contribution in [0.15, 0.2) is 146 Å². The largest absolute Gasteiger partial charge is 3.00 e. The Balaban J connectivity index is 0.000000207. The van der Waals surface area contributed by atoms with E-state index in [-0.39, 0.29) is 90.0 Å². The molecule has 415 valence electrons. The van der Waals surface area contributed by atoms with Gasteiger partial charge in [-0.15, -0.1) is 46.9 Å². The van der Waals surface area contributed by atoms with Crippen LogP contribution >= 0.6 is 0 Å². The van der Waals surface area contributed by atoms with E-state index in [2.05, 4.69) is 201 Å². The zero-order valence-corrected chi connectivity index (χ0v) is 49.9. The second-order valence-electron chi connectivity index (χ2n) is 20.9. The molecule has 10 heteroatoms. The minimum atomic E-state index is 0. The predicted molar refractivity (Wildman–Crippen MR) is 327 cm³/mol. The van der Waals surface area contributed by atoms with Gasteiger partial charge in [-0.3, -0.25) is 0 Å². The molecule has 0 aromatic heterocycles. The van der Waals surface area contributed by atoms with E-state index in [1.165, 1.54) is 117 Å². The second kappa shape index (κ2) is 35.0. The number of benzene rings is 8. The van der Waals surface area contributed by atoms with Gasteiger partial charge in [0.25, 0.3) is 0 Å². The fourth-order valence-corrected chi connectivity index (χ4v) is 9.68. The SMILES string of the molecule is C1CCOC1.C1CCOC1.C1CCOC1.C1CCOC1.CC(C)[N-]c1ccc2ccccc2c1-c1c([N-]C(C)C)ccc2ccccc12.CC(C)[N-]c1ccc2ccccc2c1-c1c([N-]C(C)C)ccc2ccccc12.[Li+].[Yb+3]. The third-order valence-electron chi connectivity index (χ3n) is 13.0. The summed E-state index contributed by atoms with van der Waals surface area (Å²) in [5.41, 5.74) is 8.86. The van der Waals surface area contributed by atoms with Gasteiger partial charge in [0.05, 0.1) is 0 Å². The van der Waals surface area contributed by atoms with Gasteiger partial charge in [0.15, 0.2) is 0 Å². The third kappa shape index (κ3) is 19.6. The average molecular weight is 1200 g/mol. The van der Waals surface area contributed by atoms with E-state index in [4.69, 9.17) is 40.2 Å². The maximum absolute atomic E-state index is 4.97. The fraction of sp³-hybridized carbons (Fsp3) is 0.412. The summed E-state index contributed by atoms with van der Waals surface area (Å²) in [6.07, 6.45) is 10.2. The standard InChI is InChI=1S/2C26H26N2.4C4H8O.Li.Yb/c2*1-17(2)27-23-15-13-19-9-5-7-11-21(19)25(23)26-22-12-8-6-10-20(22)14-16-24(26)28-18(3)4;4*1-2-4-5-3-1;;/h2*5-18H,1-4H3;4*1-4H2;;/q2*-2;;;;;+1;+3. The van der Waals surface area contributed by atoms with Crippen LogP contribution in [0.5, 0.6) is 0 Å². The first-order valence-corrected chi connectivity index (χ1v) is 28.3. The van der Waals surface area contributed by atoms with Crippen molar-refractivity contribution in [3.8, 4) is 22.3 Å². The molecule has 78 heavy (non-hydrogen) atoms. The second-order valence-corrected chi connectivity index (χ2v) is 20.9. The van der Waals surface area contributed by atoms with E-state index in [1.807, 2.05) is 0 Å². The number of hydrogen-bond donors (Lipinski definition) is 0. The first-order valence-electron chi connectivity index (χ1n) is 28.3. The van der Waals surface area contributed by atoms with Gasteiger partial charge in [-0.25, -0.2) is 0 Å². The summed E-state index contributed by atoms with van der Waals surface area (Å²) in [6, 6.07) is 52.4. The maximum atomic E-state index is 4.97. The molecule has 0 N–H and O–H groups in total. The molecule has 8 aromatic rings. The predicted octanol–water partition coefficient (Wildman–Crippen LogP) is 17.2. The van der Waals surface area contributed by atoms with E-state index in [0.717, 1.165) is 75.6 Å². The van der Waals surface area contributed by atoms with Crippen molar-refractivity contribution in [3.63, 3.8) is 0 Å². The van der Waals surface area contributed by atoms with Gasteiger partial charge in [0.1, 0.15) is 0 Å². The summed E-state index contributed by atoms with van der Waals surface area (Å²) in [5, 5.41) is 29.7. The smallest absolute Gasteiger partial charge is 0.682 e. The fourth-order valence-electron chi connectivity index (χ4n) is 9.68. The van der Waals surface area contributed by atoms with E-state index in [9.17, 15) is 0 Å². The van der Waals surface area contributed by atoms with Crippen LogP contribution in [0.25, 0.3) is 86.6 Å². The average Bonchev–Trinajstić information content (AvgIpc) is 4.40. The maximum Gasteiger partial charge on any atom is 3.00 e. The van der Waals surface area contributed by atoms with E-state index >= 15 is 0 Å². The normalized spacial score (nSPS) is 14.4. The Morgan fingerprint density at radius 3 is 0.603 bits per heavy atom. The van der Waals surface area contributed by atoms with Gasteiger partial charge in [0.2, 0.25) is 0 Å². The zero-order chi connectivity index (χ0) is 53.5. The number of ether oxygens (including phenoxy) is 4. The van der Waals surface area contributed by atoms with Gasteiger partial charge in [-0.1, -0.05) is 201 Å². The summed E-state index contributed by atoms with van der Waals surface area (Å²) in [4.78, 5) is 0. The molecular weight excluding hydrogens is 1120 g/mol. The minimum absolute atomic E-state index is 0. The number of fused-ring (bicyclic) bond motifs is 4. The Labute approximate surface area is 518 Å². The molecule has 0 saturated carbocycles. The van der Waals surface area contributed by atoms with Crippen LogP contribution in [0.3, 0.4) is 0 Å². The molecule has 4 aliphatic heterocycles. The Bertz CT molecular complexity index is 2570. The van der Waals surface area contributed by atoms with Gasteiger partial charge >= 0.3 is 65.8 Å². The topological polar surface area (TPSA) is 93.3 Å². The molecule has 8 nitrogen and oxygen atoms in total. The molecule has 0 aliphatic carbocycles. The van der Waals surface area contributed by atoms with Gasteiger partial charge in [-0.05, 0) is 117 Å². The van der Waals surface area contributed by atoms with Crippen LogP contribution in [0.2, 0.25) is 0 Å². The van der Waals surface area contributed by atoms with Crippen molar-refractivity contribution in [2.45, 2.75) is 131 Å². The first kappa shape index (κ1) is 64.8. The van der Waals surface area contributed by atoms with Crippen molar-refractivity contribution in [2.24, 2.45) is 0 Å². The van der Waals surface area contributed by atoms with Crippen LogP contribution in [-0.2, 0) is 18.9 Å². The van der Waals surface area contributed by atoms with Crippen LogP contribution in [0.1, 0.15) is 107 Å². The molecule has 0 spiro atoms. The summed E-state index contributed by atoms with van der Waals surface area (Å²) >= 11 is 0. The first-order chi connectivity index (χ1) is 37.1. The molecule has 4 fully saturated rings. The van der Waals surface area contributed by atoms with Crippen LogP contribution in [0, 0.1) is 46.9 Å². The number of rotatable bonds is 10. The van der Waals surface area contributed by atoms with Crippen molar-refractivity contribution >= 4 is 65.8 Å². The Hall–Kier alpha value is -4.04. The quantitative estimate of drug-likeness (QED) is 0.128. The monoisotopic (exact) mass is 1200 g/mol. The summed E-state index contributed by atoms with van der Waals surface area (Å²) < 4.78 is 19.8. The van der Waals surface area contributed by atoms with E-state index in [0.29, 0.717) is 0 Å². The van der Waals surface area contributed by atoms with Crippen molar-refractivity contribution in [1.29, 1.82) is 0 Å². The molecule has 0 bridgehead atoms. The van der Waals surface area contributed by atoms with E-state index in [1.54, 1.807) is 0 Å². The third-order valence-corrected chi connectivity index (χ3v) is 13.0. The molecular formula is C68H84LiN4O4Yb. The van der Waals surface area contributed by atoms with Crippen molar-refractivity contribution in [3.05, 3.63) is 167 Å². The summed E-state index contributed by atoms with van der Waals surface area (Å²) in [5.74, 6) is 0. The minimum Gasteiger partial charge on any atom is -0.682 e. The Kier molecular flexibility index (Phi) is 29.0. The van der Waals surface area contributed by atoms with Gasteiger partial charge in [0, 0.05) is 52.9 Å². The molecule has 8 aromatic carbocycles. The van der Waals surface area contributed by atoms with Gasteiger partial charge < -0.3 is 40.2 Å². The summed E-state index contributed by atoms with van der Waals surface area (Å²) in [6.45, 7) is 25.0. The van der Waals surface area contributed by atoms with Crippen LogP contribution < -0.4 is 18.9 Å². The molecule has 1 radical (unpaired) electrons. The molecule has 4 saturated heterocycles. The van der Waals surface area contributed by atoms with Crippen molar-refractivity contribution in [2.75, 3.05) is 52.9 Å². The van der Waals surface area contributed by atoms with E-state index < -0.39 is 0 Å². The summed E-state index contributed by atoms with van der Waals surface area (Å²) in [7, 11) is 0. The Morgan fingerprint density at radius 2 is 0.449 bits per heavy atom. The van der Waals surface area contributed by atoms with Crippen molar-refractivity contribution < 1.29 is 84.7 Å². The van der Waals surface area contributed by atoms with Crippen LogP contribution in [0.4, 0.5) is 22.7 Å². The number of hydrogen-bond acceptors (Lipinski definition) is 4. The van der Waals surface area contributed by atoms with Crippen LogP contribution in [-0.4, -0.2) is 77.0 Å². The molecule has 0 atom stereocenters. The number of nitrogens with zero attached hydrogens (tertiary/aromatic N) is 4. The van der Waals surface area contributed by atoms with Crippen molar-refractivity contribution in [1.82, 2.24) is 0 Å². The molecule has 12 rings (SSSR count). The molecule has 4 heterocycles. The molecule has 0 amide bonds. The molecule has 0 unspecified atom stereocenters. The Morgan fingerprint density at radius 1 is 0.269 bits per heavy atom. The zero-order valence-electron chi connectivity index (χ0n) is 48.2.